The van der Waals surface area contributed by atoms with Gasteiger partial charge in [0.25, 0.3) is 5.91 Å². The zero-order valence-corrected chi connectivity index (χ0v) is 16.7. The van der Waals surface area contributed by atoms with Crippen LogP contribution in [0.3, 0.4) is 0 Å². The first-order chi connectivity index (χ1) is 14.2. The number of alkyl halides is 3. The Morgan fingerprint density at radius 3 is 2.73 bits per heavy atom. The third-order valence-corrected chi connectivity index (χ3v) is 5.51. The fourth-order valence-electron chi connectivity index (χ4n) is 3.30. The Morgan fingerprint density at radius 1 is 1.27 bits per heavy atom. The summed E-state index contributed by atoms with van der Waals surface area (Å²) in [6.07, 6.45) is -3.42. The fraction of sp³-hybridized carbons (Fsp3) is 0.263. The van der Waals surface area contributed by atoms with E-state index >= 15 is 0 Å². The number of benzene rings is 1. The van der Waals surface area contributed by atoms with Crippen molar-refractivity contribution in [3.8, 4) is 0 Å². The van der Waals surface area contributed by atoms with Gasteiger partial charge in [-0.25, -0.2) is 4.68 Å². The molecule has 3 aromatic rings. The lowest BCUT2D eigenvalue weighted by molar-refractivity contribution is -0.173. The highest BCUT2D eigenvalue weighted by Gasteiger charge is 2.46. The van der Waals surface area contributed by atoms with Gasteiger partial charge in [-0.05, 0) is 29.8 Å². The average Bonchev–Trinajstić information content (AvgIpc) is 3.36. The topological polar surface area (TPSA) is 72.1 Å². The largest absolute Gasteiger partial charge is 0.467 e. The number of aromatic nitrogens is 2. The first kappa shape index (κ1) is 20.6. The van der Waals surface area contributed by atoms with E-state index in [4.69, 9.17) is 27.6 Å². The normalized spacial score (nSPS) is 18.6. The first-order valence-electron chi connectivity index (χ1n) is 8.90. The Bertz CT molecular complexity index is 1070. The molecule has 1 aliphatic heterocycles. The van der Waals surface area contributed by atoms with Gasteiger partial charge >= 0.3 is 6.18 Å². The Kier molecular flexibility index (Phi) is 5.42. The Labute approximate surface area is 178 Å². The maximum atomic E-state index is 13.7. The second-order valence-corrected chi connectivity index (χ2v) is 7.60. The molecule has 1 aromatic carbocycles. The standard InChI is InChI=1S/C19H15Cl2F3N4O2/c20-12-4-3-10(6-13(12)21)14-7-16(19(22,23)24)28-17(26-14)8-15(27-28)18(29)25-9-11-2-1-5-30-11/h1-6,8,14,16,26H,7,9H2,(H,25,29)/t14-,16+/m1/s1. The third-order valence-electron chi connectivity index (χ3n) is 4.77. The molecule has 0 saturated heterocycles. The lowest BCUT2D eigenvalue weighted by atomic mass is 9.97. The van der Waals surface area contributed by atoms with Crippen LogP contribution in [0.2, 0.25) is 10.0 Å². The Morgan fingerprint density at radius 2 is 2.07 bits per heavy atom. The summed E-state index contributed by atoms with van der Waals surface area (Å²) in [5, 5.41) is 10.0. The number of fused-ring (bicyclic) bond motifs is 1. The molecule has 11 heteroatoms. The summed E-state index contributed by atoms with van der Waals surface area (Å²) >= 11 is 11.9. The van der Waals surface area contributed by atoms with Gasteiger partial charge < -0.3 is 15.1 Å². The van der Waals surface area contributed by atoms with E-state index in [0.29, 0.717) is 16.3 Å². The van der Waals surface area contributed by atoms with E-state index in [-0.39, 0.29) is 29.5 Å². The molecule has 3 heterocycles. The number of anilines is 1. The van der Waals surface area contributed by atoms with Crippen LogP contribution in [0.1, 0.15) is 40.3 Å². The summed E-state index contributed by atoms with van der Waals surface area (Å²) in [6.45, 7) is 0.0933. The van der Waals surface area contributed by atoms with E-state index in [1.165, 1.54) is 24.5 Å². The van der Waals surface area contributed by atoms with Crippen molar-refractivity contribution in [3.63, 3.8) is 0 Å². The van der Waals surface area contributed by atoms with Gasteiger partial charge in [0.2, 0.25) is 0 Å². The second-order valence-electron chi connectivity index (χ2n) is 6.79. The number of furan rings is 1. The molecule has 1 aliphatic rings. The number of carbonyl (C=O) groups is 1. The molecule has 0 bridgehead atoms. The van der Waals surface area contributed by atoms with E-state index < -0.39 is 24.2 Å². The van der Waals surface area contributed by atoms with Crippen LogP contribution in [0.5, 0.6) is 0 Å². The van der Waals surface area contributed by atoms with Gasteiger partial charge in [0.1, 0.15) is 11.6 Å². The average molecular weight is 459 g/mol. The van der Waals surface area contributed by atoms with Crippen molar-refractivity contribution in [2.24, 2.45) is 0 Å². The minimum atomic E-state index is -4.56. The molecule has 0 saturated carbocycles. The monoisotopic (exact) mass is 458 g/mol. The zero-order valence-electron chi connectivity index (χ0n) is 15.2. The molecule has 0 aliphatic carbocycles. The molecule has 0 fully saturated rings. The third kappa shape index (κ3) is 4.13. The number of carbonyl (C=O) groups excluding carboxylic acids is 1. The predicted octanol–water partition coefficient (Wildman–Crippen LogP) is 5.37. The SMILES string of the molecule is O=C(NCc1ccco1)c1cc2n(n1)[C@H](C(F)(F)F)C[C@H](c1ccc(Cl)c(Cl)c1)N2. The van der Waals surface area contributed by atoms with Crippen molar-refractivity contribution in [1.29, 1.82) is 0 Å². The van der Waals surface area contributed by atoms with Crippen LogP contribution < -0.4 is 10.6 Å². The highest BCUT2D eigenvalue weighted by Crippen LogP contribution is 2.44. The quantitative estimate of drug-likeness (QED) is 0.550. The van der Waals surface area contributed by atoms with Crippen molar-refractivity contribution in [2.75, 3.05) is 5.32 Å². The molecule has 0 radical (unpaired) electrons. The van der Waals surface area contributed by atoms with Gasteiger partial charge in [-0.15, -0.1) is 0 Å². The van der Waals surface area contributed by atoms with Gasteiger partial charge in [-0.2, -0.15) is 18.3 Å². The van der Waals surface area contributed by atoms with E-state index in [2.05, 4.69) is 15.7 Å². The summed E-state index contributed by atoms with van der Waals surface area (Å²) in [5.41, 5.74) is 0.419. The first-order valence-corrected chi connectivity index (χ1v) is 9.66. The van der Waals surface area contributed by atoms with Gasteiger partial charge in [0, 0.05) is 12.5 Å². The molecule has 6 nitrogen and oxygen atoms in total. The number of hydrogen-bond donors (Lipinski definition) is 2. The van der Waals surface area contributed by atoms with Crippen LogP contribution in [0.4, 0.5) is 19.0 Å². The Balaban J connectivity index is 1.61. The maximum absolute atomic E-state index is 13.7. The number of halogens is 5. The van der Waals surface area contributed by atoms with Crippen molar-refractivity contribution < 1.29 is 22.4 Å². The minimum Gasteiger partial charge on any atom is -0.467 e. The van der Waals surface area contributed by atoms with Gasteiger partial charge in [-0.1, -0.05) is 29.3 Å². The van der Waals surface area contributed by atoms with E-state index in [9.17, 15) is 18.0 Å². The number of amides is 1. The van der Waals surface area contributed by atoms with Crippen LogP contribution in [-0.4, -0.2) is 21.9 Å². The van der Waals surface area contributed by atoms with Crippen LogP contribution in [0.15, 0.2) is 47.1 Å². The smallest absolute Gasteiger partial charge is 0.410 e. The van der Waals surface area contributed by atoms with Crippen molar-refractivity contribution >= 4 is 34.9 Å². The van der Waals surface area contributed by atoms with E-state index in [0.717, 1.165) is 4.68 Å². The highest BCUT2D eigenvalue weighted by atomic mass is 35.5. The molecule has 0 spiro atoms. The Hall–Kier alpha value is -2.65. The summed E-state index contributed by atoms with van der Waals surface area (Å²) < 4.78 is 47.2. The van der Waals surface area contributed by atoms with Crippen molar-refractivity contribution in [1.82, 2.24) is 15.1 Å². The molecule has 158 valence electrons. The summed E-state index contributed by atoms with van der Waals surface area (Å²) in [5.74, 6) is -0.0109. The highest BCUT2D eigenvalue weighted by molar-refractivity contribution is 6.42. The molecule has 0 unspecified atom stereocenters. The summed E-state index contributed by atoms with van der Waals surface area (Å²) in [6, 6.07) is 6.71. The molecule has 1 amide bonds. The van der Waals surface area contributed by atoms with Gasteiger partial charge in [-0.3, -0.25) is 4.79 Å². The van der Waals surface area contributed by atoms with Gasteiger partial charge in [0.15, 0.2) is 11.7 Å². The number of hydrogen-bond acceptors (Lipinski definition) is 4. The van der Waals surface area contributed by atoms with Crippen LogP contribution in [-0.2, 0) is 6.54 Å². The zero-order chi connectivity index (χ0) is 21.5. The molecule has 2 N–H and O–H groups in total. The molecule has 30 heavy (non-hydrogen) atoms. The van der Waals surface area contributed by atoms with Crippen LogP contribution in [0.25, 0.3) is 0 Å². The van der Waals surface area contributed by atoms with E-state index in [1.807, 2.05) is 0 Å². The van der Waals surface area contributed by atoms with E-state index in [1.54, 1.807) is 18.2 Å². The number of nitrogens with zero attached hydrogens (tertiary/aromatic N) is 2. The number of nitrogens with one attached hydrogen (secondary N) is 2. The lowest BCUT2D eigenvalue weighted by Gasteiger charge is -2.33. The molecule has 2 aromatic heterocycles. The molecular weight excluding hydrogens is 444 g/mol. The van der Waals surface area contributed by atoms with Crippen molar-refractivity contribution in [3.05, 3.63) is 69.7 Å². The second kappa shape index (κ2) is 7.88. The van der Waals surface area contributed by atoms with Crippen molar-refractivity contribution in [2.45, 2.75) is 31.2 Å². The van der Waals surface area contributed by atoms with Gasteiger partial charge in [0.05, 0.1) is 28.9 Å². The number of rotatable bonds is 4. The van der Waals surface area contributed by atoms with Crippen LogP contribution in [0, 0.1) is 0 Å². The molecule has 4 rings (SSSR count). The summed E-state index contributed by atoms with van der Waals surface area (Å²) in [4.78, 5) is 12.4. The molecule has 2 atom stereocenters. The molecular formula is C19H15Cl2F3N4O2. The summed E-state index contributed by atoms with van der Waals surface area (Å²) in [7, 11) is 0. The maximum Gasteiger partial charge on any atom is 0.410 e. The fourth-order valence-corrected chi connectivity index (χ4v) is 3.61. The van der Waals surface area contributed by atoms with Crippen LogP contribution >= 0.6 is 23.2 Å². The minimum absolute atomic E-state index is 0.0859. The lowest BCUT2D eigenvalue weighted by Crippen LogP contribution is -2.35. The predicted molar refractivity (Wildman–Crippen MR) is 105 cm³/mol.